The highest BCUT2D eigenvalue weighted by Crippen LogP contribution is 2.24. The van der Waals surface area contributed by atoms with Crippen molar-refractivity contribution in [2.45, 2.75) is 45.8 Å². The van der Waals surface area contributed by atoms with E-state index in [-0.39, 0.29) is 12.5 Å². The van der Waals surface area contributed by atoms with Gasteiger partial charge in [-0.15, -0.1) is 0 Å². The fraction of sp³-hybridized carbons (Fsp3) is 0.467. The zero-order valence-corrected chi connectivity index (χ0v) is 13.8. The van der Waals surface area contributed by atoms with Gasteiger partial charge in [-0.2, -0.15) is 0 Å². The molecule has 0 spiro atoms. The van der Waals surface area contributed by atoms with Crippen molar-refractivity contribution < 1.29 is 14.3 Å². The maximum absolute atomic E-state index is 11.8. The number of halogens is 1. The third-order valence-corrected chi connectivity index (χ3v) is 3.12. The highest BCUT2D eigenvalue weighted by atomic mass is 79.9. The molecule has 0 fully saturated rings. The van der Waals surface area contributed by atoms with Gasteiger partial charge in [0.05, 0.1) is 6.04 Å². The van der Waals surface area contributed by atoms with Crippen LogP contribution in [0.3, 0.4) is 0 Å². The molecule has 4 nitrogen and oxygen atoms in total. The number of nitrogens with one attached hydrogen (secondary N) is 1. The lowest BCUT2D eigenvalue weighted by atomic mass is 9.99. The van der Waals surface area contributed by atoms with Gasteiger partial charge in [0.2, 0.25) is 0 Å². The van der Waals surface area contributed by atoms with Gasteiger partial charge in [0, 0.05) is 10.9 Å². The summed E-state index contributed by atoms with van der Waals surface area (Å²) in [6.45, 7) is 7.33. The second-order valence-corrected chi connectivity index (χ2v) is 6.52. The maximum Gasteiger partial charge on any atom is 0.408 e. The standard InChI is InChI=1S/C15H20BrNO3/c1-10-9-11(16)5-6-12(10)13(7-8-18)17-14(19)20-15(2,3)4/h5-6,8-9,13H,7H2,1-4H3,(H,17,19)/t13-/m0/s1. The quantitative estimate of drug-likeness (QED) is 0.844. The molecule has 1 aromatic rings. The van der Waals surface area contributed by atoms with Gasteiger partial charge in [-0.1, -0.05) is 22.0 Å². The number of aldehydes is 1. The Bertz CT molecular complexity index is 494. The molecular weight excluding hydrogens is 322 g/mol. The molecule has 0 radical (unpaired) electrons. The summed E-state index contributed by atoms with van der Waals surface area (Å²) in [4.78, 5) is 22.7. The molecule has 0 saturated carbocycles. The van der Waals surface area contributed by atoms with Crippen LogP contribution in [0.4, 0.5) is 4.79 Å². The van der Waals surface area contributed by atoms with Crippen LogP contribution in [0.1, 0.15) is 44.4 Å². The Balaban J connectivity index is 2.89. The summed E-state index contributed by atoms with van der Waals surface area (Å²) in [5.74, 6) is 0. The van der Waals surface area contributed by atoms with E-state index in [9.17, 15) is 9.59 Å². The van der Waals surface area contributed by atoms with Gasteiger partial charge in [0.1, 0.15) is 11.9 Å². The number of amides is 1. The van der Waals surface area contributed by atoms with Crippen molar-refractivity contribution in [3.63, 3.8) is 0 Å². The lowest BCUT2D eigenvalue weighted by Gasteiger charge is -2.24. The van der Waals surface area contributed by atoms with Crippen molar-refractivity contribution in [2.75, 3.05) is 0 Å². The van der Waals surface area contributed by atoms with Crippen LogP contribution in [0.15, 0.2) is 22.7 Å². The highest BCUT2D eigenvalue weighted by molar-refractivity contribution is 9.10. The largest absolute Gasteiger partial charge is 0.444 e. The Kier molecular flexibility index (Phi) is 5.74. The summed E-state index contributed by atoms with van der Waals surface area (Å²) in [5, 5.41) is 2.74. The fourth-order valence-electron chi connectivity index (χ4n) is 1.84. The second kappa shape index (κ2) is 6.88. The SMILES string of the molecule is Cc1cc(Br)ccc1[C@H](CC=O)NC(=O)OC(C)(C)C. The number of aryl methyl sites for hydroxylation is 1. The molecule has 0 unspecified atom stereocenters. The second-order valence-electron chi connectivity index (χ2n) is 5.60. The number of carbonyl (C=O) groups excluding carboxylic acids is 2. The molecule has 20 heavy (non-hydrogen) atoms. The molecule has 1 amide bonds. The van der Waals surface area contributed by atoms with Crippen LogP contribution < -0.4 is 5.32 Å². The molecule has 110 valence electrons. The summed E-state index contributed by atoms with van der Waals surface area (Å²) in [6.07, 6.45) is 0.484. The molecular formula is C15H20BrNO3. The first-order valence-corrected chi connectivity index (χ1v) is 7.21. The Hall–Kier alpha value is -1.36. The van der Waals surface area contributed by atoms with Gasteiger partial charge >= 0.3 is 6.09 Å². The maximum atomic E-state index is 11.8. The Morgan fingerprint density at radius 2 is 2.10 bits per heavy atom. The lowest BCUT2D eigenvalue weighted by molar-refractivity contribution is -0.108. The summed E-state index contributed by atoms with van der Waals surface area (Å²) >= 11 is 3.39. The minimum Gasteiger partial charge on any atom is -0.444 e. The Morgan fingerprint density at radius 3 is 2.60 bits per heavy atom. The van der Waals surface area contributed by atoms with Crippen molar-refractivity contribution in [2.24, 2.45) is 0 Å². The molecule has 0 saturated heterocycles. The zero-order chi connectivity index (χ0) is 15.3. The minimum atomic E-state index is -0.565. The van der Waals surface area contributed by atoms with Gasteiger partial charge in [-0.25, -0.2) is 4.79 Å². The topological polar surface area (TPSA) is 55.4 Å². The Morgan fingerprint density at radius 1 is 1.45 bits per heavy atom. The normalized spacial score (nSPS) is 12.7. The smallest absolute Gasteiger partial charge is 0.408 e. The molecule has 5 heteroatoms. The first-order chi connectivity index (χ1) is 9.23. The molecule has 0 aliphatic rings. The van der Waals surface area contributed by atoms with E-state index in [0.717, 1.165) is 21.9 Å². The van der Waals surface area contributed by atoms with Crippen LogP contribution in [0.5, 0.6) is 0 Å². The van der Waals surface area contributed by atoms with Crippen molar-refractivity contribution in [1.82, 2.24) is 5.32 Å². The van der Waals surface area contributed by atoms with E-state index in [1.807, 2.05) is 25.1 Å². The number of rotatable bonds is 4. The predicted molar refractivity (Wildman–Crippen MR) is 81.7 cm³/mol. The third kappa shape index (κ3) is 5.33. The van der Waals surface area contributed by atoms with E-state index in [0.29, 0.717) is 0 Å². The van der Waals surface area contributed by atoms with E-state index in [1.54, 1.807) is 20.8 Å². The average molecular weight is 342 g/mol. The van der Waals surface area contributed by atoms with Crippen LogP contribution in [0.2, 0.25) is 0 Å². The van der Waals surface area contributed by atoms with Gasteiger partial charge < -0.3 is 14.8 Å². The molecule has 1 N–H and O–H groups in total. The molecule has 1 rings (SSSR count). The molecule has 0 heterocycles. The van der Waals surface area contributed by atoms with Crippen molar-refractivity contribution in [3.8, 4) is 0 Å². The number of benzene rings is 1. The van der Waals surface area contributed by atoms with Crippen molar-refractivity contribution in [1.29, 1.82) is 0 Å². The number of carbonyl (C=O) groups is 2. The Labute approximate surface area is 128 Å². The molecule has 0 aliphatic carbocycles. The van der Waals surface area contributed by atoms with E-state index in [2.05, 4.69) is 21.2 Å². The first kappa shape index (κ1) is 16.7. The summed E-state index contributed by atoms with van der Waals surface area (Å²) < 4.78 is 6.18. The predicted octanol–water partition coefficient (Wildman–Crippen LogP) is 3.91. The molecule has 1 atom stereocenters. The van der Waals surface area contributed by atoms with Gasteiger partial charge in [-0.3, -0.25) is 0 Å². The van der Waals surface area contributed by atoms with E-state index in [4.69, 9.17) is 4.74 Å². The van der Waals surface area contributed by atoms with E-state index < -0.39 is 11.7 Å². The number of hydrogen-bond donors (Lipinski definition) is 1. The van der Waals surface area contributed by atoms with Crippen LogP contribution in [-0.4, -0.2) is 18.0 Å². The molecule has 0 bridgehead atoms. The number of alkyl carbamates (subject to hydrolysis) is 1. The van der Waals surface area contributed by atoms with Gasteiger partial charge in [-0.05, 0) is 51.0 Å². The van der Waals surface area contributed by atoms with Crippen LogP contribution in [-0.2, 0) is 9.53 Å². The molecule has 1 aromatic carbocycles. The first-order valence-electron chi connectivity index (χ1n) is 6.42. The van der Waals surface area contributed by atoms with E-state index in [1.165, 1.54) is 0 Å². The monoisotopic (exact) mass is 341 g/mol. The van der Waals surface area contributed by atoms with Crippen molar-refractivity contribution >= 4 is 28.3 Å². The third-order valence-electron chi connectivity index (χ3n) is 2.63. The van der Waals surface area contributed by atoms with Crippen molar-refractivity contribution in [3.05, 3.63) is 33.8 Å². The van der Waals surface area contributed by atoms with Crippen LogP contribution in [0.25, 0.3) is 0 Å². The lowest BCUT2D eigenvalue weighted by Crippen LogP contribution is -2.35. The van der Waals surface area contributed by atoms with Crippen LogP contribution >= 0.6 is 15.9 Å². The van der Waals surface area contributed by atoms with Gasteiger partial charge in [0.25, 0.3) is 0 Å². The van der Waals surface area contributed by atoms with Crippen LogP contribution in [0, 0.1) is 6.92 Å². The number of hydrogen-bond acceptors (Lipinski definition) is 3. The summed E-state index contributed by atoms with van der Waals surface area (Å²) in [6, 6.07) is 5.35. The van der Waals surface area contributed by atoms with Gasteiger partial charge in [0.15, 0.2) is 0 Å². The molecule has 0 aliphatic heterocycles. The minimum absolute atomic E-state index is 0.210. The fourth-order valence-corrected chi connectivity index (χ4v) is 2.32. The number of ether oxygens (including phenoxy) is 1. The summed E-state index contributed by atoms with van der Waals surface area (Å²) in [5.41, 5.74) is 1.35. The molecule has 0 aromatic heterocycles. The highest BCUT2D eigenvalue weighted by Gasteiger charge is 2.21. The zero-order valence-electron chi connectivity index (χ0n) is 12.2. The summed E-state index contributed by atoms with van der Waals surface area (Å²) in [7, 11) is 0. The van der Waals surface area contributed by atoms with E-state index >= 15 is 0 Å². The average Bonchev–Trinajstić information content (AvgIpc) is 2.25.